The smallest absolute Gasteiger partial charge is 0.233 e. The first-order valence-electron chi connectivity index (χ1n) is 8.79. The van der Waals surface area contributed by atoms with E-state index in [1.165, 1.54) is 6.26 Å². The Morgan fingerprint density at radius 2 is 2.00 bits per heavy atom. The van der Waals surface area contributed by atoms with Crippen LogP contribution in [0.25, 0.3) is 0 Å². The number of nitrogens with zero attached hydrogens (tertiary/aromatic N) is 1. The van der Waals surface area contributed by atoms with Crippen molar-refractivity contribution in [1.29, 1.82) is 0 Å². The quantitative estimate of drug-likeness (QED) is 0.825. The van der Waals surface area contributed by atoms with Crippen LogP contribution in [-0.4, -0.2) is 51.3 Å². The van der Waals surface area contributed by atoms with Gasteiger partial charge in [-0.15, -0.1) is 0 Å². The zero-order valence-corrected chi connectivity index (χ0v) is 16.4. The summed E-state index contributed by atoms with van der Waals surface area (Å²) >= 11 is 1.55. The summed E-state index contributed by atoms with van der Waals surface area (Å²) in [5.41, 5.74) is 0.838. The number of amides is 1. The first kappa shape index (κ1) is 19.4. The van der Waals surface area contributed by atoms with E-state index in [1.807, 2.05) is 0 Å². The number of benzene rings is 1. The summed E-state index contributed by atoms with van der Waals surface area (Å²) < 4.78 is 28.8. The molecule has 2 heterocycles. The van der Waals surface area contributed by atoms with E-state index in [-0.39, 0.29) is 16.7 Å². The van der Waals surface area contributed by atoms with Gasteiger partial charge in [0.05, 0.1) is 17.4 Å². The molecule has 1 aromatic rings. The van der Waals surface area contributed by atoms with E-state index in [0.717, 1.165) is 50.3 Å². The van der Waals surface area contributed by atoms with Crippen molar-refractivity contribution in [2.45, 2.75) is 30.1 Å². The van der Waals surface area contributed by atoms with Gasteiger partial charge in [-0.2, -0.15) is 0 Å². The maximum atomic E-state index is 12.9. The minimum Gasteiger partial charge on any atom is -0.381 e. The average molecular weight is 397 g/mol. The monoisotopic (exact) mass is 396 g/mol. The molecule has 0 aromatic heterocycles. The number of nitrogens with one attached hydrogen (secondary N) is 1. The molecule has 1 aromatic carbocycles. The molecule has 6 nitrogen and oxygen atoms in total. The fraction of sp³-hybridized carbons (Fsp3) is 0.556. The van der Waals surface area contributed by atoms with Crippen LogP contribution in [0.3, 0.4) is 0 Å². The Morgan fingerprint density at radius 3 is 2.58 bits per heavy atom. The van der Waals surface area contributed by atoms with E-state index in [1.54, 1.807) is 36.0 Å². The van der Waals surface area contributed by atoms with Crippen LogP contribution in [0.5, 0.6) is 0 Å². The topological polar surface area (TPSA) is 84.8 Å². The molecule has 0 bridgehead atoms. The maximum Gasteiger partial charge on any atom is 0.233 e. The van der Waals surface area contributed by atoms with Crippen molar-refractivity contribution in [2.24, 2.45) is 10.9 Å². The van der Waals surface area contributed by atoms with Gasteiger partial charge >= 0.3 is 0 Å². The molecule has 2 aliphatic heterocycles. The molecule has 1 fully saturated rings. The molecule has 1 unspecified atom stereocenters. The van der Waals surface area contributed by atoms with Crippen LogP contribution in [-0.2, 0) is 19.4 Å². The molecular formula is C18H24N2O4S2. The van der Waals surface area contributed by atoms with Gasteiger partial charge in [0.15, 0.2) is 15.0 Å². The van der Waals surface area contributed by atoms with E-state index in [0.29, 0.717) is 11.1 Å². The van der Waals surface area contributed by atoms with Gasteiger partial charge in [-0.25, -0.2) is 8.42 Å². The summed E-state index contributed by atoms with van der Waals surface area (Å²) in [4.78, 5) is 17.5. The highest BCUT2D eigenvalue weighted by molar-refractivity contribution is 8.14. The molecule has 2 aliphatic rings. The number of thioether (sulfide) groups is 1. The minimum absolute atomic E-state index is 0.0725. The second kappa shape index (κ2) is 8.54. The molecule has 8 heteroatoms. The second-order valence-corrected chi connectivity index (χ2v) is 9.81. The molecule has 1 saturated heterocycles. The highest BCUT2D eigenvalue weighted by Crippen LogP contribution is 2.30. The lowest BCUT2D eigenvalue weighted by Gasteiger charge is -2.26. The summed E-state index contributed by atoms with van der Waals surface area (Å²) in [7, 11) is -3.25. The van der Waals surface area contributed by atoms with Gasteiger partial charge in [0.1, 0.15) is 0 Å². The SMILES string of the molecule is CS(=O)(=O)c1ccc(C(CC2CCOCC2)C(=O)NC2=NCCS2)cc1. The zero-order chi connectivity index (χ0) is 18.6. The van der Waals surface area contributed by atoms with Crippen molar-refractivity contribution >= 4 is 32.7 Å². The van der Waals surface area contributed by atoms with Crippen molar-refractivity contribution in [3.8, 4) is 0 Å². The Labute approximate surface area is 158 Å². The Kier molecular flexibility index (Phi) is 6.37. The molecule has 1 atom stereocenters. The predicted molar refractivity (Wildman–Crippen MR) is 103 cm³/mol. The van der Waals surface area contributed by atoms with E-state index in [4.69, 9.17) is 4.74 Å². The summed E-state index contributed by atoms with van der Waals surface area (Å²) in [5.74, 6) is 0.920. The van der Waals surface area contributed by atoms with E-state index in [2.05, 4.69) is 10.3 Å². The van der Waals surface area contributed by atoms with Crippen LogP contribution in [0.4, 0.5) is 0 Å². The third kappa shape index (κ3) is 5.08. The van der Waals surface area contributed by atoms with Crippen molar-refractivity contribution in [2.75, 3.05) is 31.8 Å². The van der Waals surface area contributed by atoms with Crippen LogP contribution in [0.1, 0.15) is 30.7 Å². The average Bonchev–Trinajstić information content (AvgIpc) is 3.13. The number of rotatable bonds is 5. The number of hydrogen-bond acceptors (Lipinski definition) is 6. The fourth-order valence-electron chi connectivity index (χ4n) is 3.26. The van der Waals surface area contributed by atoms with Gasteiger partial charge in [-0.1, -0.05) is 23.9 Å². The normalized spacial score (nSPS) is 19.8. The van der Waals surface area contributed by atoms with Crippen molar-refractivity contribution < 1.29 is 17.9 Å². The Morgan fingerprint density at radius 1 is 1.31 bits per heavy atom. The lowest BCUT2D eigenvalue weighted by molar-refractivity contribution is -0.121. The number of sulfone groups is 1. The molecule has 0 spiro atoms. The second-order valence-electron chi connectivity index (χ2n) is 6.71. The lowest BCUT2D eigenvalue weighted by Crippen LogP contribution is -2.34. The van der Waals surface area contributed by atoms with Gasteiger partial charge in [0.25, 0.3) is 0 Å². The number of carbonyl (C=O) groups is 1. The number of amidine groups is 1. The standard InChI is InChI=1S/C18H24N2O4S2/c1-26(22,23)15-4-2-14(3-5-15)16(12-13-6-9-24-10-7-13)17(21)20-18-19-8-11-25-18/h2-5,13,16H,6-12H2,1H3,(H,19,20,21). The first-order chi connectivity index (χ1) is 12.4. The van der Waals surface area contributed by atoms with Crippen LogP contribution >= 0.6 is 11.8 Å². The number of hydrogen-bond donors (Lipinski definition) is 1. The molecule has 0 saturated carbocycles. The van der Waals surface area contributed by atoms with Crippen LogP contribution < -0.4 is 5.32 Å². The van der Waals surface area contributed by atoms with E-state index < -0.39 is 9.84 Å². The van der Waals surface area contributed by atoms with Crippen molar-refractivity contribution in [3.63, 3.8) is 0 Å². The van der Waals surface area contributed by atoms with Crippen molar-refractivity contribution in [1.82, 2.24) is 5.32 Å². The summed E-state index contributed by atoms with van der Waals surface area (Å²) in [6.07, 6.45) is 3.80. The van der Waals surface area contributed by atoms with Gasteiger partial charge in [-0.3, -0.25) is 9.79 Å². The Hall–Kier alpha value is -1.38. The van der Waals surface area contributed by atoms with E-state index in [9.17, 15) is 13.2 Å². The third-order valence-electron chi connectivity index (χ3n) is 4.75. The zero-order valence-electron chi connectivity index (χ0n) is 14.8. The Bertz CT molecular complexity index is 769. The predicted octanol–water partition coefficient (Wildman–Crippen LogP) is 2.21. The Balaban J connectivity index is 1.79. The summed E-state index contributed by atoms with van der Waals surface area (Å²) in [6, 6.07) is 6.67. The number of carbonyl (C=O) groups excluding carboxylic acids is 1. The molecule has 142 valence electrons. The maximum absolute atomic E-state index is 12.9. The number of ether oxygens (including phenoxy) is 1. The molecule has 0 radical (unpaired) electrons. The molecule has 1 amide bonds. The van der Waals surface area contributed by atoms with Crippen LogP contribution in [0.15, 0.2) is 34.2 Å². The van der Waals surface area contributed by atoms with Crippen molar-refractivity contribution in [3.05, 3.63) is 29.8 Å². The third-order valence-corrected chi connectivity index (χ3v) is 6.77. The first-order valence-corrected chi connectivity index (χ1v) is 11.7. The van der Waals surface area contributed by atoms with Gasteiger partial charge in [-0.05, 0) is 42.9 Å². The molecule has 1 N–H and O–H groups in total. The van der Waals surface area contributed by atoms with Gasteiger partial charge in [0.2, 0.25) is 5.91 Å². The van der Waals surface area contributed by atoms with Gasteiger partial charge < -0.3 is 10.1 Å². The molecule has 0 aliphatic carbocycles. The summed E-state index contributed by atoms with van der Waals surface area (Å²) in [5, 5.41) is 3.62. The fourth-order valence-corrected chi connectivity index (χ4v) is 4.62. The van der Waals surface area contributed by atoms with E-state index >= 15 is 0 Å². The molecular weight excluding hydrogens is 372 g/mol. The molecule has 26 heavy (non-hydrogen) atoms. The highest BCUT2D eigenvalue weighted by atomic mass is 32.2. The largest absolute Gasteiger partial charge is 0.381 e. The highest BCUT2D eigenvalue weighted by Gasteiger charge is 2.27. The van der Waals surface area contributed by atoms with Crippen LogP contribution in [0, 0.1) is 5.92 Å². The summed E-state index contributed by atoms with van der Waals surface area (Å²) in [6.45, 7) is 2.19. The van der Waals surface area contributed by atoms with Crippen LogP contribution in [0.2, 0.25) is 0 Å². The molecule has 3 rings (SSSR count). The lowest BCUT2D eigenvalue weighted by atomic mass is 9.84. The minimum atomic E-state index is -3.25. The van der Waals surface area contributed by atoms with Gasteiger partial charge in [0, 0.05) is 25.2 Å². The number of aliphatic imine (C=N–C) groups is 1.